The fourth-order valence-corrected chi connectivity index (χ4v) is 3.90. The molecule has 2 aliphatic rings. The van der Waals surface area contributed by atoms with E-state index in [9.17, 15) is 23.5 Å². The summed E-state index contributed by atoms with van der Waals surface area (Å²) >= 11 is 0. The molecule has 3 heterocycles. The van der Waals surface area contributed by atoms with Crippen LogP contribution in [0.2, 0.25) is 0 Å². The summed E-state index contributed by atoms with van der Waals surface area (Å²) in [5.41, 5.74) is 1.16. The largest absolute Gasteiger partial charge is 0.505 e. The molecular weight excluding hydrogens is 382 g/mol. The van der Waals surface area contributed by atoms with Gasteiger partial charge in [-0.2, -0.15) is 5.10 Å². The third-order valence-corrected chi connectivity index (χ3v) is 5.52. The molecule has 2 amide bonds. The lowest BCUT2D eigenvalue weighted by molar-refractivity contribution is 0.0646. The molecule has 2 aromatic rings. The van der Waals surface area contributed by atoms with Gasteiger partial charge in [-0.1, -0.05) is 0 Å². The van der Waals surface area contributed by atoms with Gasteiger partial charge in [0.25, 0.3) is 11.8 Å². The Labute approximate surface area is 166 Å². The molecule has 0 saturated carbocycles. The van der Waals surface area contributed by atoms with Crippen molar-refractivity contribution in [2.45, 2.75) is 25.9 Å². The number of hydrogen-bond donors (Lipinski definition) is 1. The topological polar surface area (TPSA) is 78.7 Å². The van der Waals surface area contributed by atoms with Crippen molar-refractivity contribution in [2.75, 3.05) is 26.3 Å². The van der Waals surface area contributed by atoms with Crippen molar-refractivity contribution >= 4 is 11.8 Å². The lowest BCUT2D eigenvalue weighted by atomic mass is 9.99. The van der Waals surface area contributed by atoms with Crippen molar-refractivity contribution in [3.8, 4) is 5.75 Å². The highest BCUT2D eigenvalue weighted by atomic mass is 19.1. The molecule has 2 aliphatic heterocycles. The first kappa shape index (κ1) is 19.4. The molecule has 1 aromatic heterocycles. The van der Waals surface area contributed by atoms with E-state index < -0.39 is 18.2 Å². The Balaban J connectivity index is 1.47. The van der Waals surface area contributed by atoms with E-state index in [1.54, 1.807) is 20.5 Å². The molecule has 0 radical (unpaired) electrons. The van der Waals surface area contributed by atoms with Gasteiger partial charge < -0.3 is 14.9 Å². The summed E-state index contributed by atoms with van der Waals surface area (Å²) in [7, 11) is 0. The second-order valence-electron chi connectivity index (χ2n) is 7.55. The van der Waals surface area contributed by atoms with Gasteiger partial charge in [0.2, 0.25) is 0 Å². The number of nitrogens with zero attached hydrogens (tertiary/aromatic N) is 4. The third kappa shape index (κ3) is 3.81. The van der Waals surface area contributed by atoms with Crippen molar-refractivity contribution in [1.82, 2.24) is 19.6 Å². The Bertz CT molecular complexity index is 946. The van der Waals surface area contributed by atoms with Crippen LogP contribution in [0.1, 0.15) is 39.4 Å². The molecule has 9 heteroatoms. The number of carbonyl (C=O) groups excluding carboxylic acids is 2. The van der Waals surface area contributed by atoms with Crippen LogP contribution < -0.4 is 0 Å². The average molecular weight is 404 g/mol. The van der Waals surface area contributed by atoms with E-state index in [2.05, 4.69) is 5.10 Å². The minimum absolute atomic E-state index is 0.122. The molecule has 7 nitrogen and oxygen atoms in total. The lowest BCUT2D eigenvalue weighted by Crippen LogP contribution is -2.40. The monoisotopic (exact) mass is 404 g/mol. The minimum Gasteiger partial charge on any atom is -0.505 e. The van der Waals surface area contributed by atoms with Gasteiger partial charge >= 0.3 is 0 Å². The predicted molar refractivity (Wildman–Crippen MR) is 99.6 cm³/mol. The number of carbonyl (C=O) groups is 2. The summed E-state index contributed by atoms with van der Waals surface area (Å²) in [6, 6.07) is 5.20. The maximum absolute atomic E-state index is 13.6. The van der Waals surface area contributed by atoms with Gasteiger partial charge in [0, 0.05) is 31.1 Å². The molecule has 0 aliphatic carbocycles. The highest BCUT2D eigenvalue weighted by molar-refractivity contribution is 5.95. The van der Waals surface area contributed by atoms with Gasteiger partial charge in [-0.25, -0.2) is 4.39 Å². The number of rotatable bonds is 3. The molecule has 1 aromatic carbocycles. The van der Waals surface area contributed by atoms with Crippen molar-refractivity contribution in [1.29, 1.82) is 0 Å². The zero-order valence-electron chi connectivity index (χ0n) is 15.9. The van der Waals surface area contributed by atoms with Crippen LogP contribution in [0.15, 0.2) is 24.3 Å². The first-order chi connectivity index (χ1) is 14.0. The van der Waals surface area contributed by atoms with Gasteiger partial charge in [0.1, 0.15) is 0 Å². The number of aromatic hydroxyl groups is 1. The molecule has 0 bridgehead atoms. The SMILES string of the molecule is O=C(c1ccc(O)c(F)c1)N1CCn2nc(C(=O)N3CCCC(CF)C3)cc2C1. The van der Waals surface area contributed by atoms with Gasteiger partial charge in [0.15, 0.2) is 17.3 Å². The fourth-order valence-electron chi connectivity index (χ4n) is 3.90. The van der Waals surface area contributed by atoms with Crippen LogP contribution in [-0.2, 0) is 13.1 Å². The highest BCUT2D eigenvalue weighted by Gasteiger charge is 2.29. The molecule has 1 unspecified atom stereocenters. The number of likely N-dealkylation sites (tertiary alicyclic amines) is 1. The molecular formula is C20H22F2N4O3. The third-order valence-electron chi connectivity index (χ3n) is 5.52. The fraction of sp³-hybridized carbons (Fsp3) is 0.450. The zero-order chi connectivity index (χ0) is 20.5. The highest BCUT2D eigenvalue weighted by Crippen LogP contribution is 2.22. The van der Waals surface area contributed by atoms with Crippen LogP contribution in [0, 0.1) is 11.7 Å². The smallest absolute Gasteiger partial charge is 0.274 e. The van der Waals surface area contributed by atoms with Crippen molar-refractivity contribution in [3.63, 3.8) is 0 Å². The lowest BCUT2D eigenvalue weighted by Gasteiger charge is -2.30. The van der Waals surface area contributed by atoms with Crippen LogP contribution in [0.25, 0.3) is 0 Å². The maximum atomic E-state index is 13.6. The van der Waals surface area contributed by atoms with Gasteiger partial charge in [-0.15, -0.1) is 0 Å². The Morgan fingerprint density at radius 1 is 1.14 bits per heavy atom. The zero-order valence-corrected chi connectivity index (χ0v) is 15.9. The molecule has 1 N–H and O–H groups in total. The van der Waals surface area contributed by atoms with Crippen molar-refractivity contribution in [3.05, 3.63) is 47.0 Å². The van der Waals surface area contributed by atoms with Crippen LogP contribution in [0.4, 0.5) is 8.78 Å². The van der Waals surface area contributed by atoms with E-state index in [1.807, 2.05) is 0 Å². The number of alkyl halides is 1. The van der Waals surface area contributed by atoms with Crippen molar-refractivity contribution < 1.29 is 23.5 Å². The van der Waals surface area contributed by atoms with Gasteiger partial charge in [0.05, 0.1) is 25.5 Å². The number of phenolic OH excluding ortho intramolecular Hbond substituents is 1. The second-order valence-corrected chi connectivity index (χ2v) is 7.55. The Hall–Kier alpha value is -2.97. The molecule has 154 valence electrons. The van der Waals surface area contributed by atoms with Gasteiger partial charge in [-0.05, 0) is 37.1 Å². The first-order valence-electron chi connectivity index (χ1n) is 9.66. The summed E-state index contributed by atoms with van der Waals surface area (Å²) in [4.78, 5) is 28.6. The molecule has 1 fully saturated rings. The van der Waals surface area contributed by atoms with Crippen molar-refractivity contribution in [2.24, 2.45) is 5.92 Å². The molecule has 4 rings (SSSR count). The molecule has 1 atom stereocenters. The van der Waals surface area contributed by atoms with E-state index >= 15 is 0 Å². The van der Waals surface area contributed by atoms with Crippen LogP contribution in [0.5, 0.6) is 5.75 Å². The van der Waals surface area contributed by atoms with E-state index in [-0.39, 0.29) is 29.8 Å². The van der Waals surface area contributed by atoms with E-state index in [1.165, 1.54) is 6.07 Å². The number of phenols is 1. The van der Waals surface area contributed by atoms with E-state index in [0.717, 1.165) is 25.0 Å². The summed E-state index contributed by atoms with van der Waals surface area (Å²) in [5.74, 6) is -2.05. The van der Waals surface area contributed by atoms with Crippen LogP contribution in [-0.4, -0.2) is 62.8 Å². The quantitative estimate of drug-likeness (QED) is 0.851. The number of benzene rings is 1. The predicted octanol–water partition coefficient (Wildman–Crippen LogP) is 2.21. The number of fused-ring (bicyclic) bond motifs is 1. The maximum Gasteiger partial charge on any atom is 0.274 e. The van der Waals surface area contributed by atoms with Gasteiger partial charge in [-0.3, -0.25) is 18.7 Å². The second kappa shape index (κ2) is 7.81. The normalized spacial score (nSPS) is 19.2. The minimum atomic E-state index is -0.848. The summed E-state index contributed by atoms with van der Waals surface area (Å²) in [6.07, 6.45) is 1.56. The Morgan fingerprint density at radius 2 is 1.97 bits per heavy atom. The Morgan fingerprint density at radius 3 is 2.72 bits per heavy atom. The number of amides is 2. The number of hydrogen-bond acceptors (Lipinski definition) is 4. The standard InChI is InChI=1S/C20H22F2N4O3/c21-10-13-2-1-5-24(11-13)20(29)17-9-15-12-25(6-7-26(15)23-17)19(28)14-3-4-18(27)16(22)8-14/h3-4,8-9,13,27H,1-2,5-7,10-12H2. The van der Waals surface area contributed by atoms with Crippen LogP contribution >= 0.6 is 0 Å². The summed E-state index contributed by atoms with van der Waals surface area (Å²) in [6.45, 7) is 1.59. The van der Waals surface area contributed by atoms with E-state index in [0.29, 0.717) is 37.6 Å². The first-order valence-corrected chi connectivity index (χ1v) is 9.66. The van der Waals surface area contributed by atoms with Crippen LogP contribution in [0.3, 0.4) is 0 Å². The average Bonchev–Trinajstić information content (AvgIpc) is 3.18. The summed E-state index contributed by atoms with van der Waals surface area (Å²) < 4.78 is 28.2. The number of halogens is 2. The molecule has 1 saturated heterocycles. The number of aromatic nitrogens is 2. The molecule has 0 spiro atoms. The molecule has 29 heavy (non-hydrogen) atoms. The van der Waals surface area contributed by atoms with E-state index in [4.69, 9.17) is 0 Å². The number of piperidine rings is 1. The summed E-state index contributed by atoms with van der Waals surface area (Å²) in [5, 5.41) is 13.7. The Kier molecular flexibility index (Phi) is 5.21.